The number of likely N-dealkylation sites (tertiary alicyclic amines) is 1. The summed E-state index contributed by atoms with van der Waals surface area (Å²) in [5, 5.41) is 21.4. The zero-order chi connectivity index (χ0) is 31.1. The third kappa shape index (κ3) is 9.31. The number of fused-ring (bicyclic) bond motifs is 1. The Hall–Kier alpha value is -2.88. The Morgan fingerprint density at radius 2 is 1.90 bits per heavy atom. The number of nitrogens with zero attached hydrogens (tertiary/aromatic N) is 5. The fourth-order valence-corrected chi connectivity index (χ4v) is 5.79. The molecule has 2 aromatic rings. The van der Waals surface area contributed by atoms with E-state index in [9.17, 15) is 15.2 Å². The lowest BCUT2D eigenvalue weighted by Gasteiger charge is -2.35. The Bertz CT molecular complexity index is 1240. The van der Waals surface area contributed by atoms with Gasteiger partial charge in [0.15, 0.2) is 5.82 Å². The van der Waals surface area contributed by atoms with Crippen molar-refractivity contribution in [2.45, 2.75) is 110 Å². The van der Waals surface area contributed by atoms with E-state index < -0.39 is 19.8 Å². The summed E-state index contributed by atoms with van der Waals surface area (Å²) in [6.07, 6.45) is 3.16. The monoisotopic (exact) mass is 602 g/mol. The first-order valence-corrected chi connectivity index (χ1v) is 18.9. The van der Waals surface area contributed by atoms with E-state index in [-0.39, 0.29) is 30.6 Å². The molecule has 12 heteroatoms. The number of amides is 1. The van der Waals surface area contributed by atoms with E-state index >= 15 is 0 Å². The van der Waals surface area contributed by atoms with Crippen molar-refractivity contribution in [3.05, 3.63) is 11.3 Å². The lowest BCUT2D eigenvalue weighted by Crippen LogP contribution is -2.43. The van der Waals surface area contributed by atoms with Gasteiger partial charge in [-0.05, 0) is 64.8 Å². The highest BCUT2D eigenvalue weighted by atomic mass is 28.3. The van der Waals surface area contributed by atoms with Crippen LogP contribution < -0.4 is 10.5 Å². The maximum Gasteiger partial charge on any atom is 0.410 e. The summed E-state index contributed by atoms with van der Waals surface area (Å²) in [7, 11) is -1.29. The highest BCUT2D eigenvalue weighted by molar-refractivity contribution is 6.76. The average Bonchev–Trinajstić information content (AvgIpc) is 3.21. The topological polar surface area (TPSA) is 149 Å². The molecule has 1 unspecified atom stereocenters. The highest BCUT2D eigenvalue weighted by Crippen LogP contribution is 2.32. The number of anilines is 1. The molecule has 1 fully saturated rings. The van der Waals surface area contributed by atoms with Gasteiger partial charge in [-0.2, -0.15) is 15.2 Å². The van der Waals surface area contributed by atoms with Crippen LogP contribution in [0.2, 0.25) is 25.7 Å². The van der Waals surface area contributed by atoms with Crippen LogP contribution in [0, 0.1) is 17.2 Å². The third-order valence-corrected chi connectivity index (χ3v) is 9.18. The molecule has 2 aromatic heterocycles. The first-order valence-electron chi connectivity index (χ1n) is 15.2. The zero-order valence-electron chi connectivity index (χ0n) is 26.5. The van der Waals surface area contributed by atoms with Crippen LogP contribution in [-0.2, 0) is 22.6 Å². The summed E-state index contributed by atoms with van der Waals surface area (Å²) >= 11 is 0. The van der Waals surface area contributed by atoms with E-state index in [0.717, 1.165) is 18.9 Å². The van der Waals surface area contributed by atoms with Crippen LogP contribution in [0.5, 0.6) is 6.01 Å². The molecule has 0 bridgehead atoms. The number of nitrogen functional groups attached to an aromatic ring is 1. The number of hydrogen-bond acceptors (Lipinski definition) is 9. The number of carbonyl (C=O) groups excluding carboxylic acids is 1. The van der Waals surface area contributed by atoms with Gasteiger partial charge in [-0.25, -0.2) is 4.79 Å². The standard InChI is InChI=1S/C30H50N6O5Si/c1-8-9-16-40-28-33-25-22(10-11-24(37)21-12-14-35(15-13-21)29(38)41-30(2,3)4)23(19-31)36(26(25)27(32)34-28)20-39-17-18-42(5,6)7/h21,24,37H,8-18,20H2,1-7H3,(H2,32,33,34). The summed E-state index contributed by atoms with van der Waals surface area (Å²) in [4.78, 5) is 23.2. The second kappa shape index (κ2) is 14.5. The largest absolute Gasteiger partial charge is 0.463 e. The number of unbranched alkanes of at least 4 members (excludes halogenated alkanes) is 1. The lowest BCUT2D eigenvalue weighted by atomic mass is 9.88. The van der Waals surface area contributed by atoms with E-state index in [0.29, 0.717) is 74.3 Å². The quantitative estimate of drug-likeness (QED) is 0.229. The van der Waals surface area contributed by atoms with Crippen LogP contribution in [0.1, 0.15) is 71.1 Å². The van der Waals surface area contributed by atoms with E-state index in [2.05, 4.69) is 42.6 Å². The molecule has 0 aliphatic carbocycles. The normalized spacial score (nSPS) is 15.5. The second-order valence-corrected chi connectivity index (χ2v) is 19.0. The minimum absolute atomic E-state index is 0.0418. The first-order chi connectivity index (χ1) is 19.7. The zero-order valence-corrected chi connectivity index (χ0v) is 27.5. The van der Waals surface area contributed by atoms with Gasteiger partial charge >= 0.3 is 12.1 Å². The molecule has 0 saturated carbocycles. The molecule has 234 valence electrons. The molecule has 1 saturated heterocycles. The predicted molar refractivity (Wildman–Crippen MR) is 166 cm³/mol. The Morgan fingerprint density at radius 3 is 2.50 bits per heavy atom. The minimum Gasteiger partial charge on any atom is -0.463 e. The van der Waals surface area contributed by atoms with Crippen molar-refractivity contribution in [3.63, 3.8) is 0 Å². The van der Waals surface area contributed by atoms with Gasteiger partial charge in [-0.3, -0.25) is 0 Å². The summed E-state index contributed by atoms with van der Waals surface area (Å²) < 4.78 is 19.0. The lowest BCUT2D eigenvalue weighted by molar-refractivity contribution is 0.00694. The second-order valence-electron chi connectivity index (χ2n) is 13.4. The SMILES string of the molecule is CCCCOc1nc(N)c2c(n1)c(CCC(O)C1CCN(C(=O)OC(C)(C)C)CC1)c(C#N)n2COCC[Si](C)(C)C. The molecular formula is C30H50N6O5Si. The predicted octanol–water partition coefficient (Wildman–Crippen LogP) is 5.32. The van der Waals surface area contributed by atoms with E-state index in [1.54, 1.807) is 9.47 Å². The molecule has 0 aromatic carbocycles. The molecule has 11 nitrogen and oxygen atoms in total. The van der Waals surface area contributed by atoms with Gasteiger partial charge in [0.2, 0.25) is 0 Å². The van der Waals surface area contributed by atoms with Crippen molar-refractivity contribution in [1.29, 1.82) is 5.26 Å². The van der Waals surface area contributed by atoms with Crippen LogP contribution in [0.4, 0.5) is 10.6 Å². The highest BCUT2D eigenvalue weighted by Gasteiger charge is 2.31. The molecule has 3 rings (SSSR count). The molecule has 0 spiro atoms. The number of aliphatic hydroxyl groups is 1. The van der Waals surface area contributed by atoms with Crippen molar-refractivity contribution in [1.82, 2.24) is 19.4 Å². The third-order valence-electron chi connectivity index (χ3n) is 7.48. The maximum atomic E-state index is 12.4. The molecular weight excluding hydrogens is 552 g/mol. The van der Waals surface area contributed by atoms with Crippen LogP contribution in [0.3, 0.4) is 0 Å². The minimum atomic E-state index is -1.29. The molecule has 1 aliphatic rings. The number of carbonyl (C=O) groups is 1. The number of ether oxygens (including phenoxy) is 3. The van der Waals surface area contributed by atoms with E-state index in [1.165, 1.54) is 0 Å². The molecule has 0 radical (unpaired) electrons. The van der Waals surface area contributed by atoms with Crippen LogP contribution in [0.25, 0.3) is 11.0 Å². The maximum absolute atomic E-state index is 12.4. The van der Waals surface area contributed by atoms with Gasteiger partial charge in [0, 0.05) is 33.3 Å². The molecule has 3 heterocycles. The number of rotatable bonds is 13. The van der Waals surface area contributed by atoms with Crippen molar-refractivity contribution in [2.75, 3.05) is 32.0 Å². The average molecular weight is 603 g/mol. The summed E-state index contributed by atoms with van der Waals surface area (Å²) in [6.45, 7) is 16.8. The van der Waals surface area contributed by atoms with E-state index in [4.69, 9.17) is 19.9 Å². The van der Waals surface area contributed by atoms with Gasteiger partial charge < -0.3 is 34.5 Å². The fraction of sp³-hybridized carbons (Fsp3) is 0.733. The molecule has 1 amide bonds. The van der Waals surface area contributed by atoms with Crippen LogP contribution >= 0.6 is 0 Å². The van der Waals surface area contributed by atoms with Crippen molar-refractivity contribution in [2.24, 2.45) is 5.92 Å². The number of aryl methyl sites for hydroxylation is 1. The number of aromatic nitrogens is 3. The van der Waals surface area contributed by atoms with Crippen molar-refractivity contribution < 1.29 is 24.1 Å². The van der Waals surface area contributed by atoms with Crippen LogP contribution in [-0.4, -0.2) is 76.7 Å². The molecule has 1 aliphatic heterocycles. The number of hydrogen-bond donors (Lipinski definition) is 2. The van der Waals surface area contributed by atoms with Crippen molar-refractivity contribution >= 4 is 31.0 Å². The number of nitriles is 1. The molecule has 3 N–H and O–H groups in total. The Kier molecular flexibility index (Phi) is 11.6. The van der Waals surface area contributed by atoms with Gasteiger partial charge in [-0.15, -0.1) is 0 Å². The smallest absolute Gasteiger partial charge is 0.410 e. The summed E-state index contributed by atoms with van der Waals surface area (Å²) in [6, 6.07) is 3.53. The fourth-order valence-electron chi connectivity index (χ4n) is 5.04. The number of aliphatic hydroxyl groups excluding tert-OH is 1. The summed E-state index contributed by atoms with van der Waals surface area (Å²) in [5.41, 5.74) is 8.11. The van der Waals surface area contributed by atoms with Gasteiger partial charge in [0.25, 0.3) is 0 Å². The van der Waals surface area contributed by atoms with Gasteiger partial charge in [-0.1, -0.05) is 33.0 Å². The molecule has 1 atom stereocenters. The van der Waals surface area contributed by atoms with Gasteiger partial charge in [0.1, 0.15) is 35.1 Å². The Balaban J connectivity index is 1.79. The first kappa shape index (κ1) is 33.6. The summed E-state index contributed by atoms with van der Waals surface area (Å²) in [5.74, 6) is 0.276. The number of nitrogens with two attached hydrogens (primary N) is 1. The number of piperidine rings is 1. The Morgan fingerprint density at radius 1 is 1.21 bits per heavy atom. The molecule has 42 heavy (non-hydrogen) atoms. The van der Waals surface area contributed by atoms with E-state index in [1.807, 2.05) is 20.8 Å². The Labute approximate surface area is 251 Å². The van der Waals surface area contributed by atoms with Gasteiger partial charge in [0.05, 0.1) is 12.7 Å². The van der Waals surface area contributed by atoms with Crippen LogP contribution in [0.15, 0.2) is 0 Å². The van der Waals surface area contributed by atoms with Crippen molar-refractivity contribution in [3.8, 4) is 12.1 Å².